The van der Waals surface area contributed by atoms with Crippen molar-refractivity contribution < 1.29 is 21.9 Å². The number of pyridine rings is 2. The third-order valence-corrected chi connectivity index (χ3v) is 7.25. The zero-order valence-corrected chi connectivity index (χ0v) is 18.9. The van der Waals surface area contributed by atoms with Crippen molar-refractivity contribution in [3.05, 3.63) is 83.2 Å². The lowest BCUT2D eigenvalue weighted by Crippen LogP contribution is -2.18. The van der Waals surface area contributed by atoms with Gasteiger partial charge in [0.05, 0.1) is 11.9 Å². The van der Waals surface area contributed by atoms with Gasteiger partial charge in [0, 0.05) is 43.2 Å². The van der Waals surface area contributed by atoms with Gasteiger partial charge in [0.2, 0.25) is 0 Å². The van der Waals surface area contributed by atoms with Crippen LogP contribution in [0.5, 0.6) is 11.5 Å². The van der Waals surface area contributed by atoms with E-state index in [9.17, 15) is 22.0 Å². The van der Waals surface area contributed by atoms with E-state index in [4.69, 9.17) is 4.74 Å². The van der Waals surface area contributed by atoms with Crippen LogP contribution in [0.4, 0.5) is 8.78 Å². The normalized spacial score (nSPS) is 12.0. The first-order chi connectivity index (χ1) is 16.2. The molecule has 34 heavy (non-hydrogen) atoms. The summed E-state index contributed by atoms with van der Waals surface area (Å²) in [7, 11) is -2.02. The van der Waals surface area contributed by atoms with Gasteiger partial charge in [-0.25, -0.2) is 22.2 Å². The fourth-order valence-corrected chi connectivity index (χ4v) is 4.68. The minimum Gasteiger partial charge on any atom is -0.452 e. The summed E-state index contributed by atoms with van der Waals surface area (Å²) in [5, 5.41) is 0.615. The highest BCUT2D eigenvalue weighted by Gasteiger charge is 2.22. The van der Waals surface area contributed by atoms with Crippen LogP contribution in [0.25, 0.3) is 22.2 Å². The smallest absolute Gasteiger partial charge is 0.275 e. The minimum absolute atomic E-state index is 0.0323. The Bertz CT molecular complexity index is 1750. The molecule has 0 spiro atoms. The third-order valence-electron chi connectivity index (χ3n) is 5.55. The Morgan fingerprint density at radius 3 is 2.56 bits per heavy atom. The number of aromatic nitrogens is 4. The number of aryl methyl sites for hydroxylation is 1. The summed E-state index contributed by atoms with van der Waals surface area (Å²) in [6.07, 6.45) is 5.96. The van der Waals surface area contributed by atoms with Gasteiger partial charge >= 0.3 is 0 Å². The molecule has 0 saturated heterocycles. The molecule has 0 unspecified atom stereocenters. The van der Waals surface area contributed by atoms with E-state index < -0.39 is 21.5 Å². The van der Waals surface area contributed by atoms with Crippen molar-refractivity contribution in [3.8, 4) is 17.2 Å². The van der Waals surface area contributed by atoms with Crippen LogP contribution in [0, 0.1) is 11.6 Å². The van der Waals surface area contributed by atoms with Crippen LogP contribution in [-0.2, 0) is 16.9 Å². The predicted molar refractivity (Wildman–Crippen MR) is 121 cm³/mol. The molecular formula is C23H18F2N4O4S. The summed E-state index contributed by atoms with van der Waals surface area (Å²) < 4.78 is 63.1. The lowest BCUT2D eigenvalue weighted by molar-refractivity contribution is 0.436. The molecule has 1 aromatic carbocycles. The van der Waals surface area contributed by atoms with E-state index >= 15 is 0 Å². The van der Waals surface area contributed by atoms with Gasteiger partial charge in [-0.05, 0) is 24.3 Å². The number of sulfone groups is 1. The van der Waals surface area contributed by atoms with Crippen molar-refractivity contribution in [2.75, 3.05) is 5.75 Å². The maximum Gasteiger partial charge on any atom is 0.275 e. The summed E-state index contributed by atoms with van der Waals surface area (Å²) in [6.45, 7) is 1.52. The van der Waals surface area contributed by atoms with Gasteiger partial charge in [-0.1, -0.05) is 6.92 Å². The van der Waals surface area contributed by atoms with Gasteiger partial charge in [0.15, 0.2) is 32.2 Å². The summed E-state index contributed by atoms with van der Waals surface area (Å²) in [6, 6.07) is 7.81. The highest BCUT2D eigenvalue weighted by atomic mass is 32.2. The number of benzene rings is 1. The maximum atomic E-state index is 14.4. The number of imidazole rings is 1. The molecular weight excluding hydrogens is 466 g/mol. The zero-order valence-electron chi connectivity index (χ0n) is 18.1. The van der Waals surface area contributed by atoms with E-state index in [0.29, 0.717) is 17.0 Å². The van der Waals surface area contributed by atoms with Crippen molar-refractivity contribution >= 4 is 26.4 Å². The summed E-state index contributed by atoms with van der Waals surface area (Å²) >= 11 is 0. The monoisotopic (exact) mass is 484 g/mol. The van der Waals surface area contributed by atoms with Crippen LogP contribution in [0.1, 0.15) is 6.92 Å². The number of hydrogen-bond donors (Lipinski definition) is 0. The quantitative estimate of drug-likeness (QED) is 0.378. The highest BCUT2D eigenvalue weighted by molar-refractivity contribution is 7.91. The Kier molecular flexibility index (Phi) is 5.01. The Labute approximate surface area is 192 Å². The van der Waals surface area contributed by atoms with Crippen LogP contribution in [0.3, 0.4) is 0 Å². The van der Waals surface area contributed by atoms with Crippen molar-refractivity contribution in [1.29, 1.82) is 0 Å². The Morgan fingerprint density at radius 2 is 1.82 bits per heavy atom. The second-order valence-corrected chi connectivity index (χ2v) is 9.87. The standard InChI is InChI=1S/C23H18F2N4O4S/c1-3-34(31,32)21-12-26-20-11-19(33-18-5-4-15(24)10-16(18)25)17(13-29(20)21)28-9-7-14-6-8-27(2)23(30)22(14)28/h4-13H,3H2,1-2H3. The van der Waals surface area contributed by atoms with Crippen LogP contribution in [-0.4, -0.2) is 32.7 Å². The molecule has 4 heterocycles. The van der Waals surface area contributed by atoms with E-state index in [1.165, 1.54) is 38.9 Å². The van der Waals surface area contributed by atoms with Gasteiger partial charge in [-0.2, -0.15) is 0 Å². The number of rotatable bonds is 5. The number of halogens is 2. The molecule has 4 aromatic heterocycles. The Hall–Kier alpha value is -3.99. The van der Waals surface area contributed by atoms with Crippen molar-refractivity contribution in [2.24, 2.45) is 7.05 Å². The number of hydrogen-bond acceptors (Lipinski definition) is 5. The van der Waals surface area contributed by atoms with Crippen molar-refractivity contribution in [2.45, 2.75) is 11.9 Å². The maximum absolute atomic E-state index is 14.4. The van der Waals surface area contributed by atoms with E-state index in [2.05, 4.69) is 4.98 Å². The molecule has 0 amide bonds. The second kappa shape index (κ2) is 7.80. The molecule has 174 valence electrons. The third kappa shape index (κ3) is 3.45. The van der Waals surface area contributed by atoms with E-state index in [-0.39, 0.29) is 39.2 Å². The Balaban J connectivity index is 1.82. The van der Waals surface area contributed by atoms with Gasteiger partial charge < -0.3 is 13.9 Å². The van der Waals surface area contributed by atoms with Crippen LogP contribution in [0.15, 0.2) is 71.0 Å². The SMILES string of the molecule is CCS(=O)(=O)c1cnc2cc(Oc3ccc(F)cc3F)c(-n3ccc4ccn(C)c(=O)c43)cn12. The molecule has 0 N–H and O–H groups in total. The molecule has 0 bridgehead atoms. The van der Waals surface area contributed by atoms with Gasteiger partial charge in [0.1, 0.15) is 22.7 Å². The lowest BCUT2D eigenvalue weighted by atomic mass is 10.3. The van der Waals surface area contributed by atoms with Crippen molar-refractivity contribution in [3.63, 3.8) is 0 Å². The number of fused-ring (bicyclic) bond motifs is 2. The number of nitrogens with zero attached hydrogens (tertiary/aromatic N) is 4. The number of ether oxygens (including phenoxy) is 1. The first-order valence-corrected chi connectivity index (χ1v) is 11.9. The van der Waals surface area contributed by atoms with Gasteiger partial charge in [-0.3, -0.25) is 9.20 Å². The first kappa shape index (κ1) is 21.8. The minimum atomic E-state index is -3.62. The molecule has 8 nitrogen and oxygen atoms in total. The van der Waals surface area contributed by atoms with Gasteiger partial charge in [-0.15, -0.1) is 0 Å². The van der Waals surface area contributed by atoms with E-state index in [1.807, 2.05) is 0 Å². The molecule has 5 aromatic rings. The van der Waals surface area contributed by atoms with Crippen LogP contribution in [0.2, 0.25) is 0 Å². The highest BCUT2D eigenvalue weighted by Crippen LogP contribution is 2.34. The molecule has 5 rings (SSSR count). The van der Waals surface area contributed by atoms with Crippen LogP contribution >= 0.6 is 0 Å². The molecule has 11 heteroatoms. The average Bonchev–Trinajstić information content (AvgIpc) is 3.42. The van der Waals surface area contributed by atoms with Crippen LogP contribution < -0.4 is 10.3 Å². The summed E-state index contributed by atoms with van der Waals surface area (Å²) in [4.78, 5) is 17.1. The average molecular weight is 484 g/mol. The first-order valence-electron chi connectivity index (χ1n) is 10.2. The molecule has 0 aliphatic carbocycles. The summed E-state index contributed by atoms with van der Waals surface area (Å²) in [5.41, 5.74) is 0.514. The molecule has 0 aliphatic heterocycles. The largest absolute Gasteiger partial charge is 0.452 e. The molecule has 0 saturated carbocycles. The second-order valence-electron chi connectivity index (χ2n) is 7.65. The van der Waals surface area contributed by atoms with E-state index in [1.54, 1.807) is 31.6 Å². The van der Waals surface area contributed by atoms with E-state index in [0.717, 1.165) is 12.1 Å². The lowest BCUT2D eigenvalue weighted by Gasteiger charge is -2.15. The summed E-state index contributed by atoms with van der Waals surface area (Å²) in [5.74, 6) is -1.97. The van der Waals surface area contributed by atoms with Crippen molar-refractivity contribution in [1.82, 2.24) is 18.5 Å². The predicted octanol–water partition coefficient (Wildman–Crippen LogP) is 3.84. The molecule has 0 radical (unpaired) electrons. The molecule has 0 aliphatic rings. The van der Waals surface area contributed by atoms with Gasteiger partial charge in [0.25, 0.3) is 5.56 Å². The molecule has 0 fully saturated rings. The Morgan fingerprint density at radius 1 is 1.06 bits per heavy atom. The molecule has 0 atom stereocenters. The zero-order chi connectivity index (χ0) is 24.2. The fourth-order valence-electron chi connectivity index (χ4n) is 3.73. The fraction of sp³-hybridized carbons (Fsp3) is 0.130. The topological polar surface area (TPSA) is 87.6 Å².